The largest absolute Gasteiger partial charge is 0.355 e. The van der Waals surface area contributed by atoms with E-state index in [1.807, 2.05) is 0 Å². The van der Waals surface area contributed by atoms with Gasteiger partial charge in [-0.1, -0.05) is 34.1 Å². The van der Waals surface area contributed by atoms with Crippen LogP contribution in [0.1, 0.15) is 47.0 Å². The molecule has 0 heterocycles. The average molecular weight is 228 g/mol. The second-order valence-corrected chi connectivity index (χ2v) is 4.72. The summed E-state index contributed by atoms with van der Waals surface area (Å²) >= 11 is 0. The van der Waals surface area contributed by atoms with Crippen molar-refractivity contribution >= 4 is 5.91 Å². The first-order valence-corrected chi connectivity index (χ1v) is 6.59. The zero-order valence-corrected chi connectivity index (χ0v) is 11.3. The van der Waals surface area contributed by atoms with E-state index in [0.717, 1.165) is 32.5 Å². The fourth-order valence-corrected chi connectivity index (χ4v) is 1.75. The molecule has 16 heavy (non-hydrogen) atoms. The minimum Gasteiger partial charge on any atom is -0.355 e. The third-order valence-corrected chi connectivity index (χ3v) is 2.97. The Morgan fingerprint density at radius 1 is 1.12 bits per heavy atom. The quantitative estimate of drug-likeness (QED) is 0.594. The van der Waals surface area contributed by atoms with Gasteiger partial charge in [-0.3, -0.25) is 4.79 Å². The molecule has 0 aliphatic carbocycles. The van der Waals surface area contributed by atoms with Gasteiger partial charge < -0.3 is 10.6 Å². The van der Waals surface area contributed by atoms with Crippen LogP contribution in [0.4, 0.5) is 0 Å². The molecule has 96 valence electrons. The highest BCUT2D eigenvalue weighted by molar-refractivity contribution is 5.76. The highest BCUT2D eigenvalue weighted by Crippen LogP contribution is 2.18. The van der Waals surface area contributed by atoms with Crippen molar-refractivity contribution in [2.75, 3.05) is 19.6 Å². The van der Waals surface area contributed by atoms with E-state index in [1.165, 1.54) is 0 Å². The number of hydrogen-bond acceptors (Lipinski definition) is 2. The molecular weight excluding hydrogens is 200 g/mol. The normalized spacial score (nSPS) is 12.8. The van der Waals surface area contributed by atoms with E-state index in [2.05, 4.69) is 38.3 Å². The Labute approximate surface area is 100 Å². The standard InChI is InChI=1S/C13H28N2O/c1-5-7-14-8-9-15-13(16)10-12(6-2)11(3)4/h11-12,14H,5-10H2,1-4H3,(H,15,16). The fourth-order valence-electron chi connectivity index (χ4n) is 1.75. The lowest BCUT2D eigenvalue weighted by atomic mass is 9.90. The molecule has 0 aliphatic rings. The molecule has 0 spiro atoms. The van der Waals surface area contributed by atoms with Crippen molar-refractivity contribution in [2.45, 2.75) is 47.0 Å². The number of carbonyl (C=O) groups excluding carboxylic acids is 1. The van der Waals surface area contributed by atoms with Crippen molar-refractivity contribution in [3.8, 4) is 0 Å². The first-order chi connectivity index (χ1) is 7.61. The van der Waals surface area contributed by atoms with Crippen LogP contribution in [0.5, 0.6) is 0 Å². The summed E-state index contributed by atoms with van der Waals surface area (Å²) in [5, 5.41) is 6.23. The molecule has 1 unspecified atom stereocenters. The summed E-state index contributed by atoms with van der Waals surface area (Å²) in [6, 6.07) is 0. The van der Waals surface area contributed by atoms with Gasteiger partial charge >= 0.3 is 0 Å². The van der Waals surface area contributed by atoms with Gasteiger partial charge in [0.15, 0.2) is 0 Å². The van der Waals surface area contributed by atoms with Crippen LogP contribution in [0.25, 0.3) is 0 Å². The number of rotatable bonds is 9. The lowest BCUT2D eigenvalue weighted by Gasteiger charge is -2.18. The molecule has 0 aromatic carbocycles. The molecule has 0 rings (SSSR count). The maximum atomic E-state index is 11.6. The molecule has 0 saturated carbocycles. The minimum absolute atomic E-state index is 0.193. The zero-order chi connectivity index (χ0) is 12.4. The highest BCUT2D eigenvalue weighted by atomic mass is 16.1. The molecule has 3 nitrogen and oxygen atoms in total. The Kier molecular flexibility index (Phi) is 9.30. The van der Waals surface area contributed by atoms with Crippen LogP contribution in [0.3, 0.4) is 0 Å². The van der Waals surface area contributed by atoms with E-state index in [0.29, 0.717) is 18.3 Å². The number of amides is 1. The smallest absolute Gasteiger partial charge is 0.220 e. The topological polar surface area (TPSA) is 41.1 Å². The Balaban J connectivity index is 3.57. The molecule has 0 bridgehead atoms. The minimum atomic E-state index is 0.193. The zero-order valence-electron chi connectivity index (χ0n) is 11.3. The van der Waals surface area contributed by atoms with Gasteiger partial charge in [-0.2, -0.15) is 0 Å². The molecular formula is C13H28N2O. The summed E-state index contributed by atoms with van der Waals surface area (Å²) in [6.07, 6.45) is 2.89. The van der Waals surface area contributed by atoms with Crippen molar-refractivity contribution < 1.29 is 4.79 Å². The summed E-state index contributed by atoms with van der Waals surface area (Å²) in [5.41, 5.74) is 0. The van der Waals surface area contributed by atoms with Gasteiger partial charge in [0.2, 0.25) is 5.91 Å². The molecule has 1 amide bonds. The number of hydrogen-bond donors (Lipinski definition) is 2. The Hall–Kier alpha value is -0.570. The van der Waals surface area contributed by atoms with Crippen molar-refractivity contribution in [1.29, 1.82) is 0 Å². The van der Waals surface area contributed by atoms with Crippen LogP contribution in [0.2, 0.25) is 0 Å². The van der Waals surface area contributed by atoms with Gasteiger partial charge in [0, 0.05) is 19.5 Å². The summed E-state index contributed by atoms with van der Waals surface area (Å²) in [4.78, 5) is 11.6. The Morgan fingerprint density at radius 3 is 2.31 bits per heavy atom. The number of nitrogens with one attached hydrogen (secondary N) is 2. The number of carbonyl (C=O) groups is 1. The molecule has 0 aromatic heterocycles. The lowest BCUT2D eigenvalue weighted by Crippen LogP contribution is -2.33. The maximum absolute atomic E-state index is 11.6. The van der Waals surface area contributed by atoms with E-state index in [4.69, 9.17) is 0 Å². The summed E-state index contributed by atoms with van der Waals surface area (Å²) < 4.78 is 0. The Morgan fingerprint density at radius 2 is 1.81 bits per heavy atom. The molecule has 2 N–H and O–H groups in total. The van der Waals surface area contributed by atoms with Crippen molar-refractivity contribution in [1.82, 2.24) is 10.6 Å². The van der Waals surface area contributed by atoms with Gasteiger partial charge in [-0.25, -0.2) is 0 Å². The van der Waals surface area contributed by atoms with E-state index >= 15 is 0 Å². The van der Waals surface area contributed by atoms with Crippen LogP contribution in [0.15, 0.2) is 0 Å². The fraction of sp³-hybridized carbons (Fsp3) is 0.923. The van der Waals surface area contributed by atoms with Crippen molar-refractivity contribution in [3.63, 3.8) is 0 Å². The maximum Gasteiger partial charge on any atom is 0.220 e. The molecule has 1 atom stereocenters. The third-order valence-electron chi connectivity index (χ3n) is 2.97. The predicted octanol–water partition coefficient (Wildman–Crippen LogP) is 2.17. The second kappa shape index (κ2) is 9.64. The molecule has 0 radical (unpaired) electrons. The van der Waals surface area contributed by atoms with Gasteiger partial charge in [0.1, 0.15) is 0 Å². The monoisotopic (exact) mass is 228 g/mol. The Bertz CT molecular complexity index is 181. The molecule has 3 heteroatoms. The first kappa shape index (κ1) is 15.4. The average Bonchev–Trinajstić information content (AvgIpc) is 2.25. The lowest BCUT2D eigenvalue weighted by molar-refractivity contribution is -0.122. The highest BCUT2D eigenvalue weighted by Gasteiger charge is 2.14. The van der Waals surface area contributed by atoms with Crippen LogP contribution < -0.4 is 10.6 Å². The summed E-state index contributed by atoms with van der Waals surface area (Å²) in [5.74, 6) is 1.30. The van der Waals surface area contributed by atoms with Crippen LogP contribution in [-0.2, 0) is 4.79 Å². The summed E-state index contributed by atoms with van der Waals surface area (Å²) in [7, 11) is 0. The van der Waals surface area contributed by atoms with Gasteiger partial charge in [0.05, 0.1) is 0 Å². The van der Waals surface area contributed by atoms with Gasteiger partial charge in [-0.15, -0.1) is 0 Å². The van der Waals surface area contributed by atoms with E-state index in [1.54, 1.807) is 0 Å². The third kappa shape index (κ3) is 7.69. The second-order valence-electron chi connectivity index (χ2n) is 4.72. The van der Waals surface area contributed by atoms with Gasteiger partial charge in [-0.05, 0) is 24.8 Å². The first-order valence-electron chi connectivity index (χ1n) is 6.59. The van der Waals surface area contributed by atoms with Crippen LogP contribution in [-0.4, -0.2) is 25.5 Å². The molecule has 0 fully saturated rings. The van der Waals surface area contributed by atoms with Crippen LogP contribution >= 0.6 is 0 Å². The van der Waals surface area contributed by atoms with E-state index in [-0.39, 0.29) is 5.91 Å². The van der Waals surface area contributed by atoms with E-state index in [9.17, 15) is 4.79 Å². The van der Waals surface area contributed by atoms with Crippen molar-refractivity contribution in [3.05, 3.63) is 0 Å². The molecule has 0 aliphatic heterocycles. The molecule has 0 aromatic rings. The molecule has 0 saturated heterocycles. The van der Waals surface area contributed by atoms with Crippen LogP contribution in [0, 0.1) is 11.8 Å². The summed E-state index contributed by atoms with van der Waals surface area (Å²) in [6.45, 7) is 11.3. The predicted molar refractivity (Wildman–Crippen MR) is 69.4 cm³/mol. The van der Waals surface area contributed by atoms with E-state index < -0.39 is 0 Å². The SMILES string of the molecule is CCCNCCNC(=O)CC(CC)C(C)C. The van der Waals surface area contributed by atoms with Crippen molar-refractivity contribution in [2.24, 2.45) is 11.8 Å². The van der Waals surface area contributed by atoms with Gasteiger partial charge in [0.25, 0.3) is 0 Å².